The molecule has 3 heterocycles. The third-order valence-corrected chi connectivity index (χ3v) is 5.51. The van der Waals surface area contributed by atoms with E-state index >= 15 is 0 Å². The maximum Gasteiger partial charge on any atom is 0.236 e. The second kappa shape index (κ2) is 6.46. The van der Waals surface area contributed by atoms with Gasteiger partial charge in [-0.2, -0.15) is 0 Å². The molecule has 6 heteroatoms. The number of amides is 1. The molecule has 0 saturated carbocycles. The fraction of sp³-hybridized carbons (Fsp3) is 0.263. The van der Waals surface area contributed by atoms with E-state index in [1.807, 2.05) is 36.6 Å². The number of primary amides is 1. The molecule has 1 atom stereocenters. The van der Waals surface area contributed by atoms with Gasteiger partial charge in [-0.25, -0.2) is 4.98 Å². The Hall–Kier alpha value is -2.44. The zero-order valence-electron chi connectivity index (χ0n) is 13.9. The number of aryl methyl sites for hydroxylation is 1. The first-order valence-electron chi connectivity index (χ1n) is 8.22. The van der Waals surface area contributed by atoms with E-state index in [4.69, 9.17) is 10.2 Å². The van der Waals surface area contributed by atoms with Crippen LogP contribution in [-0.4, -0.2) is 21.8 Å². The first kappa shape index (κ1) is 16.1. The van der Waals surface area contributed by atoms with Gasteiger partial charge in [-0.3, -0.25) is 9.69 Å². The maximum atomic E-state index is 12.0. The van der Waals surface area contributed by atoms with Gasteiger partial charge in [0.15, 0.2) is 0 Å². The molecule has 0 radical (unpaired) electrons. The van der Waals surface area contributed by atoms with Gasteiger partial charge in [-0.1, -0.05) is 30.3 Å². The van der Waals surface area contributed by atoms with Crippen molar-refractivity contribution >= 4 is 17.2 Å². The predicted octanol–water partition coefficient (Wildman–Crippen LogP) is 3.12. The molecular weight excluding hydrogens is 334 g/mol. The third kappa shape index (κ3) is 3.10. The number of oxazole rings is 1. The molecule has 0 bridgehead atoms. The van der Waals surface area contributed by atoms with Crippen molar-refractivity contribution in [2.75, 3.05) is 0 Å². The first-order chi connectivity index (χ1) is 12.1. The molecule has 1 unspecified atom stereocenters. The molecule has 128 valence electrons. The lowest BCUT2D eigenvalue weighted by Crippen LogP contribution is -2.48. The minimum atomic E-state index is -0.323. The fourth-order valence-corrected chi connectivity index (χ4v) is 3.95. The van der Waals surface area contributed by atoms with E-state index in [1.54, 1.807) is 11.3 Å². The van der Waals surface area contributed by atoms with Crippen LogP contribution in [0.25, 0.3) is 10.8 Å². The Morgan fingerprint density at radius 2 is 2.12 bits per heavy atom. The van der Waals surface area contributed by atoms with Gasteiger partial charge in [0.25, 0.3) is 0 Å². The van der Waals surface area contributed by atoms with Crippen molar-refractivity contribution in [1.82, 2.24) is 9.88 Å². The van der Waals surface area contributed by atoms with Crippen LogP contribution in [0.3, 0.4) is 0 Å². The number of nitrogens with zero attached hydrogens (tertiary/aromatic N) is 2. The SMILES string of the molecule is Cc1oc(-c2cccs2)nc1CN1Cc2ccccc2CC1C(N)=O. The molecule has 0 saturated heterocycles. The van der Waals surface area contributed by atoms with Crippen LogP contribution in [0, 0.1) is 6.92 Å². The van der Waals surface area contributed by atoms with Crippen molar-refractivity contribution in [3.63, 3.8) is 0 Å². The second-order valence-corrected chi connectivity index (χ2v) is 7.24. The number of hydrogen-bond donors (Lipinski definition) is 1. The lowest BCUT2D eigenvalue weighted by Gasteiger charge is -2.34. The van der Waals surface area contributed by atoms with Crippen LogP contribution >= 0.6 is 11.3 Å². The number of rotatable bonds is 4. The highest BCUT2D eigenvalue weighted by atomic mass is 32.1. The van der Waals surface area contributed by atoms with Gasteiger partial charge in [-0.15, -0.1) is 11.3 Å². The van der Waals surface area contributed by atoms with E-state index in [0.717, 1.165) is 16.3 Å². The Labute approximate surface area is 150 Å². The summed E-state index contributed by atoms with van der Waals surface area (Å²) >= 11 is 1.60. The molecule has 2 N–H and O–H groups in total. The summed E-state index contributed by atoms with van der Waals surface area (Å²) in [6, 6.07) is 11.8. The molecule has 4 rings (SSSR count). The Morgan fingerprint density at radius 3 is 2.84 bits per heavy atom. The van der Waals surface area contributed by atoms with Crippen molar-refractivity contribution in [3.8, 4) is 10.8 Å². The van der Waals surface area contributed by atoms with Crippen LogP contribution in [0.5, 0.6) is 0 Å². The van der Waals surface area contributed by atoms with Crippen LogP contribution in [0.2, 0.25) is 0 Å². The molecule has 2 aromatic heterocycles. The van der Waals surface area contributed by atoms with Gasteiger partial charge in [0.05, 0.1) is 16.6 Å². The number of hydrogen-bond acceptors (Lipinski definition) is 5. The zero-order chi connectivity index (χ0) is 17.4. The predicted molar refractivity (Wildman–Crippen MR) is 96.9 cm³/mol. The standard InChI is InChI=1S/C19H19N3O2S/c1-12-15(21-19(24-12)17-7-4-8-25-17)11-22-10-14-6-3-2-5-13(14)9-16(22)18(20)23/h2-8,16H,9-11H2,1H3,(H2,20,23). The smallest absolute Gasteiger partial charge is 0.236 e. The molecule has 0 aliphatic carbocycles. The molecule has 3 aromatic rings. The normalized spacial score (nSPS) is 17.4. The van der Waals surface area contributed by atoms with E-state index in [9.17, 15) is 4.79 Å². The van der Waals surface area contributed by atoms with Crippen molar-refractivity contribution in [1.29, 1.82) is 0 Å². The van der Waals surface area contributed by atoms with Gasteiger partial charge in [0.2, 0.25) is 11.8 Å². The molecule has 1 aliphatic heterocycles. The topological polar surface area (TPSA) is 72.4 Å². The third-order valence-electron chi connectivity index (χ3n) is 4.65. The highest BCUT2D eigenvalue weighted by molar-refractivity contribution is 7.13. The highest BCUT2D eigenvalue weighted by Crippen LogP contribution is 2.29. The number of benzene rings is 1. The Morgan fingerprint density at radius 1 is 1.32 bits per heavy atom. The lowest BCUT2D eigenvalue weighted by molar-refractivity contribution is -0.124. The maximum absolute atomic E-state index is 12.0. The summed E-state index contributed by atoms with van der Waals surface area (Å²) < 4.78 is 5.82. The Bertz CT molecular complexity index is 901. The van der Waals surface area contributed by atoms with Crippen LogP contribution < -0.4 is 5.73 Å². The van der Waals surface area contributed by atoms with Gasteiger partial charge in [0.1, 0.15) is 5.76 Å². The van der Waals surface area contributed by atoms with E-state index in [1.165, 1.54) is 11.1 Å². The summed E-state index contributed by atoms with van der Waals surface area (Å²) in [6.45, 7) is 3.14. The molecule has 1 aliphatic rings. The molecule has 1 amide bonds. The number of thiophene rings is 1. The minimum Gasteiger partial charge on any atom is -0.440 e. The highest BCUT2D eigenvalue weighted by Gasteiger charge is 2.31. The number of carbonyl (C=O) groups excluding carboxylic acids is 1. The number of carbonyl (C=O) groups is 1. The Balaban J connectivity index is 1.62. The summed E-state index contributed by atoms with van der Waals surface area (Å²) in [5, 5.41) is 2.00. The largest absolute Gasteiger partial charge is 0.440 e. The van der Waals surface area contributed by atoms with Gasteiger partial charge in [-0.05, 0) is 35.9 Å². The second-order valence-electron chi connectivity index (χ2n) is 6.30. The molecule has 0 spiro atoms. The zero-order valence-corrected chi connectivity index (χ0v) is 14.8. The van der Waals surface area contributed by atoms with E-state index in [0.29, 0.717) is 25.4 Å². The van der Waals surface area contributed by atoms with E-state index in [2.05, 4.69) is 22.0 Å². The number of nitrogens with two attached hydrogens (primary N) is 1. The molecule has 5 nitrogen and oxygen atoms in total. The van der Waals surface area contributed by atoms with E-state index in [-0.39, 0.29) is 11.9 Å². The van der Waals surface area contributed by atoms with Crippen molar-refractivity contribution < 1.29 is 9.21 Å². The fourth-order valence-electron chi connectivity index (χ4n) is 3.30. The quantitative estimate of drug-likeness (QED) is 0.782. The van der Waals surface area contributed by atoms with E-state index < -0.39 is 0 Å². The first-order valence-corrected chi connectivity index (χ1v) is 9.10. The van der Waals surface area contributed by atoms with Gasteiger partial charge < -0.3 is 10.2 Å². The van der Waals surface area contributed by atoms with Gasteiger partial charge in [0, 0.05) is 13.1 Å². The monoisotopic (exact) mass is 353 g/mol. The van der Waals surface area contributed by atoms with Crippen LogP contribution in [-0.2, 0) is 24.3 Å². The lowest BCUT2D eigenvalue weighted by atomic mass is 9.93. The molecule has 0 fully saturated rings. The van der Waals surface area contributed by atoms with Crippen molar-refractivity contribution in [2.24, 2.45) is 5.73 Å². The van der Waals surface area contributed by atoms with Crippen LogP contribution in [0.1, 0.15) is 22.6 Å². The summed E-state index contributed by atoms with van der Waals surface area (Å²) in [7, 11) is 0. The molecule has 25 heavy (non-hydrogen) atoms. The van der Waals surface area contributed by atoms with Crippen LogP contribution in [0.15, 0.2) is 46.2 Å². The molecular formula is C19H19N3O2S. The molecule has 1 aromatic carbocycles. The Kier molecular flexibility index (Phi) is 4.15. The van der Waals surface area contributed by atoms with Crippen molar-refractivity contribution in [2.45, 2.75) is 32.5 Å². The minimum absolute atomic E-state index is 0.297. The number of fused-ring (bicyclic) bond motifs is 1. The van der Waals surface area contributed by atoms with Crippen LogP contribution in [0.4, 0.5) is 0 Å². The van der Waals surface area contributed by atoms with Gasteiger partial charge >= 0.3 is 0 Å². The average molecular weight is 353 g/mol. The summed E-state index contributed by atoms with van der Waals surface area (Å²) in [5.41, 5.74) is 8.95. The summed E-state index contributed by atoms with van der Waals surface area (Å²) in [6.07, 6.45) is 0.639. The average Bonchev–Trinajstić information content (AvgIpc) is 3.24. The summed E-state index contributed by atoms with van der Waals surface area (Å²) in [5.74, 6) is 1.12. The number of aromatic nitrogens is 1. The van der Waals surface area contributed by atoms with Crippen molar-refractivity contribution in [3.05, 3.63) is 64.4 Å². The summed E-state index contributed by atoms with van der Waals surface area (Å²) in [4.78, 5) is 19.7.